The molecule has 118 valence electrons. The average molecular weight is 370 g/mol. The van der Waals surface area contributed by atoms with E-state index in [2.05, 4.69) is 15.1 Å². The van der Waals surface area contributed by atoms with Crippen molar-refractivity contribution in [2.75, 3.05) is 0 Å². The molecule has 0 spiro atoms. The number of benzene rings is 1. The molecule has 0 amide bonds. The van der Waals surface area contributed by atoms with Gasteiger partial charge in [0.1, 0.15) is 5.75 Å². The maximum absolute atomic E-state index is 12.3. The molecule has 0 unspecified atom stereocenters. The summed E-state index contributed by atoms with van der Waals surface area (Å²) in [5, 5.41) is 4.17. The fraction of sp³-hybridized carbons (Fsp3) is 0.0714. The molecule has 0 saturated heterocycles. The van der Waals surface area contributed by atoms with Crippen LogP contribution in [0.15, 0.2) is 52.1 Å². The first-order chi connectivity index (χ1) is 11.0. The molecule has 9 heteroatoms. The largest absolute Gasteiger partial charge is 0.338 e. The summed E-state index contributed by atoms with van der Waals surface area (Å²) in [4.78, 5) is 7.88. The third-order valence-corrected chi connectivity index (χ3v) is 5.11. The van der Waals surface area contributed by atoms with Crippen molar-refractivity contribution in [3.05, 3.63) is 58.5 Å². The zero-order valence-electron chi connectivity index (χ0n) is 11.5. The van der Waals surface area contributed by atoms with E-state index in [1.54, 1.807) is 30.3 Å². The second-order valence-corrected chi connectivity index (χ2v) is 7.32. The molecule has 0 fully saturated rings. The Hall–Kier alpha value is -1.96. The molecule has 3 aromatic rings. The molecule has 1 aromatic carbocycles. The Kier molecular flexibility index (Phi) is 4.34. The molecule has 23 heavy (non-hydrogen) atoms. The normalized spacial score (nSPS) is 11.6. The zero-order valence-corrected chi connectivity index (χ0v) is 13.8. The average Bonchev–Trinajstić information content (AvgIpc) is 2.96. The molecule has 0 N–H and O–H groups in total. The van der Waals surface area contributed by atoms with E-state index < -0.39 is 15.6 Å². The van der Waals surface area contributed by atoms with E-state index in [-0.39, 0.29) is 21.8 Å². The lowest BCUT2D eigenvalue weighted by Gasteiger charge is -2.01. The Bertz CT molecular complexity index is 940. The van der Waals surface area contributed by atoms with Crippen molar-refractivity contribution in [2.24, 2.45) is 0 Å². The lowest BCUT2D eigenvalue weighted by molar-refractivity contribution is 0.389. The van der Waals surface area contributed by atoms with E-state index in [4.69, 9.17) is 27.7 Å². The quantitative estimate of drug-likeness (QED) is 0.700. The zero-order chi connectivity index (χ0) is 16.4. The third kappa shape index (κ3) is 3.52. The van der Waals surface area contributed by atoms with Gasteiger partial charge in [0.05, 0.1) is 5.02 Å². The number of sulfone groups is 1. The summed E-state index contributed by atoms with van der Waals surface area (Å²) in [6.45, 7) is 0. The van der Waals surface area contributed by atoms with E-state index in [1.165, 1.54) is 12.3 Å². The number of halogens is 2. The number of hydrogen-bond acceptors (Lipinski definition) is 6. The van der Waals surface area contributed by atoms with E-state index in [0.717, 1.165) is 0 Å². The first-order valence-electron chi connectivity index (χ1n) is 6.37. The van der Waals surface area contributed by atoms with Crippen molar-refractivity contribution in [1.82, 2.24) is 15.1 Å². The molecule has 0 bridgehead atoms. The fourth-order valence-corrected chi connectivity index (χ4v) is 3.63. The van der Waals surface area contributed by atoms with Gasteiger partial charge in [-0.15, -0.1) is 0 Å². The van der Waals surface area contributed by atoms with Crippen molar-refractivity contribution in [1.29, 1.82) is 0 Å². The van der Waals surface area contributed by atoms with E-state index >= 15 is 0 Å². The van der Waals surface area contributed by atoms with Crippen molar-refractivity contribution in [3.8, 4) is 11.4 Å². The maximum Gasteiger partial charge on any atom is 0.242 e. The summed E-state index contributed by atoms with van der Waals surface area (Å²) >= 11 is 11.7. The fourth-order valence-electron chi connectivity index (χ4n) is 1.86. The Morgan fingerprint density at radius 2 is 1.83 bits per heavy atom. The molecule has 0 aliphatic heterocycles. The molecule has 3 rings (SSSR count). The Balaban J connectivity index is 1.87. The van der Waals surface area contributed by atoms with Crippen LogP contribution in [-0.4, -0.2) is 23.5 Å². The van der Waals surface area contributed by atoms with Gasteiger partial charge >= 0.3 is 0 Å². The lowest BCUT2D eigenvalue weighted by Crippen LogP contribution is -2.08. The van der Waals surface area contributed by atoms with Crippen LogP contribution in [0.5, 0.6) is 0 Å². The van der Waals surface area contributed by atoms with Crippen molar-refractivity contribution < 1.29 is 12.9 Å². The highest BCUT2D eigenvalue weighted by Crippen LogP contribution is 2.23. The summed E-state index contributed by atoms with van der Waals surface area (Å²) in [5.41, 5.74) is 0.665. The second kappa shape index (κ2) is 6.27. The molecular formula is C14H9Cl2N3O3S. The monoisotopic (exact) mass is 369 g/mol. The van der Waals surface area contributed by atoms with Crippen LogP contribution < -0.4 is 0 Å². The van der Waals surface area contributed by atoms with Crippen LogP contribution in [0.1, 0.15) is 5.89 Å². The first kappa shape index (κ1) is 15.9. The van der Waals surface area contributed by atoms with Crippen LogP contribution in [0, 0.1) is 0 Å². The number of pyridine rings is 1. The summed E-state index contributed by atoms with van der Waals surface area (Å²) < 4.78 is 29.6. The third-order valence-electron chi connectivity index (χ3n) is 2.90. The van der Waals surface area contributed by atoms with Gasteiger partial charge in [-0.1, -0.05) is 28.4 Å². The van der Waals surface area contributed by atoms with Gasteiger partial charge in [-0.2, -0.15) is 4.98 Å². The van der Waals surface area contributed by atoms with Gasteiger partial charge in [0.15, 0.2) is 5.03 Å². The maximum atomic E-state index is 12.3. The predicted octanol–water partition coefficient (Wildman–Crippen LogP) is 3.41. The standard InChI is InChI=1S/C14H9Cl2N3O3S/c15-10-5-3-9(4-6-10)13-18-12(22-19-13)8-23(20,21)14-11(16)2-1-7-17-14/h1-7H,8H2. The second-order valence-electron chi connectivity index (χ2n) is 4.57. The molecular weight excluding hydrogens is 361 g/mol. The van der Waals surface area contributed by atoms with Crippen LogP contribution in [0.25, 0.3) is 11.4 Å². The van der Waals surface area contributed by atoms with Gasteiger partial charge in [-0.05, 0) is 36.4 Å². The smallest absolute Gasteiger partial charge is 0.242 e. The predicted molar refractivity (Wildman–Crippen MR) is 84.9 cm³/mol. The molecule has 0 atom stereocenters. The molecule has 2 aromatic heterocycles. The Labute approximate surface area is 142 Å². The minimum atomic E-state index is -3.78. The number of aromatic nitrogens is 3. The Morgan fingerprint density at radius 3 is 2.52 bits per heavy atom. The SMILES string of the molecule is O=S(=O)(Cc1nc(-c2ccc(Cl)cc2)no1)c1ncccc1Cl. The van der Waals surface area contributed by atoms with Gasteiger partial charge < -0.3 is 4.52 Å². The lowest BCUT2D eigenvalue weighted by atomic mass is 10.2. The summed E-state index contributed by atoms with van der Waals surface area (Å²) in [6.07, 6.45) is 1.35. The van der Waals surface area contributed by atoms with Gasteiger partial charge in [-0.25, -0.2) is 13.4 Å². The van der Waals surface area contributed by atoms with Gasteiger partial charge in [-0.3, -0.25) is 0 Å². The number of nitrogens with zero attached hydrogens (tertiary/aromatic N) is 3. The Morgan fingerprint density at radius 1 is 1.09 bits per heavy atom. The minimum absolute atomic E-state index is 0.0448. The minimum Gasteiger partial charge on any atom is -0.338 e. The topological polar surface area (TPSA) is 86.0 Å². The highest BCUT2D eigenvalue weighted by molar-refractivity contribution is 7.90. The van der Waals surface area contributed by atoms with E-state index in [1.807, 2.05) is 0 Å². The molecule has 0 aliphatic rings. The number of hydrogen-bond donors (Lipinski definition) is 0. The van der Waals surface area contributed by atoms with Crippen LogP contribution in [-0.2, 0) is 15.6 Å². The summed E-state index contributed by atoms with van der Waals surface area (Å²) in [7, 11) is -3.78. The summed E-state index contributed by atoms with van der Waals surface area (Å²) in [5.74, 6) is -0.250. The van der Waals surface area contributed by atoms with Crippen LogP contribution >= 0.6 is 23.2 Å². The van der Waals surface area contributed by atoms with E-state index in [9.17, 15) is 8.42 Å². The summed E-state index contributed by atoms with van der Waals surface area (Å²) in [6, 6.07) is 9.78. The van der Waals surface area contributed by atoms with Crippen LogP contribution in [0.3, 0.4) is 0 Å². The van der Waals surface area contributed by atoms with Crippen LogP contribution in [0.4, 0.5) is 0 Å². The molecule has 6 nitrogen and oxygen atoms in total. The van der Waals surface area contributed by atoms with Gasteiger partial charge in [0, 0.05) is 16.8 Å². The highest BCUT2D eigenvalue weighted by atomic mass is 35.5. The van der Waals surface area contributed by atoms with Crippen LogP contribution in [0.2, 0.25) is 10.0 Å². The van der Waals surface area contributed by atoms with Crippen molar-refractivity contribution in [2.45, 2.75) is 10.8 Å². The first-order valence-corrected chi connectivity index (χ1v) is 8.78. The van der Waals surface area contributed by atoms with Gasteiger partial charge in [0.25, 0.3) is 0 Å². The molecule has 0 radical (unpaired) electrons. The number of rotatable bonds is 4. The molecule has 0 aliphatic carbocycles. The van der Waals surface area contributed by atoms with Gasteiger partial charge in [0.2, 0.25) is 21.6 Å². The van der Waals surface area contributed by atoms with E-state index in [0.29, 0.717) is 10.6 Å². The van der Waals surface area contributed by atoms with Crippen molar-refractivity contribution >= 4 is 33.0 Å². The highest BCUT2D eigenvalue weighted by Gasteiger charge is 2.23. The molecule has 2 heterocycles. The molecule has 0 saturated carbocycles. The van der Waals surface area contributed by atoms with Crippen molar-refractivity contribution in [3.63, 3.8) is 0 Å².